The van der Waals surface area contributed by atoms with Crippen molar-refractivity contribution in [1.82, 2.24) is 14.4 Å². The van der Waals surface area contributed by atoms with Crippen molar-refractivity contribution < 1.29 is 4.79 Å². The van der Waals surface area contributed by atoms with Crippen LogP contribution >= 0.6 is 23.2 Å². The number of allylic oxidation sites excluding steroid dienone is 1. The third-order valence-electron chi connectivity index (χ3n) is 5.19. The van der Waals surface area contributed by atoms with Gasteiger partial charge in [0, 0.05) is 18.0 Å². The summed E-state index contributed by atoms with van der Waals surface area (Å²) in [5.41, 5.74) is 1.39. The molecule has 1 fully saturated rings. The second-order valence-corrected chi connectivity index (χ2v) is 8.24. The van der Waals surface area contributed by atoms with Crippen molar-refractivity contribution in [2.45, 2.75) is 13.8 Å². The smallest absolute Gasteiger partial charge is 0.235 e. The highest BCUT2D eigenvalue weighted by Crippen LogP contribution is 2.60. The maximum Gasteiger partial charge on any atom is 0.235 e. The number of nitrogens with one attached hydrogen (secondary N) is 1. The largest absolute Gasteiger partial charge is 0.310 e. The summed E-state index contributed by atoms with van der Waals surface area (Å²) in [5.74, 6) is 0.841. The highest BCUT2D eigenvalue weighted by atomic mass is 35.5. The van der Waals surface area contributed by atoms with Crippen molar-refractivity contribution in [2.24, 2.45) is 17.3 Å². The second-order valence-electron chi connectivity index (χ2n) is 7.24. The normalized spacial score (nSPS) is 20.3. The monoisotopic (exact) mass is 400 g/mol. The van der Waals surface area contributed by atoms with Crippen molar-refractivity contribution in [3.63, 3.8) is 0 Å². The van der Waals surface area contributed by atoms with Gasteiger partial charge in [-0.1, -0.05) is 67.4 Å². The van der Waals surface area contributed by atoms with Crippen molar-refractivity contribution >= 4 is 40.7 Å². The molecule has 1 aromatic carbocycles. The van der Waals surface area contributed by atoms with Gasteiger partial charge in [-0.25, -0.2) is 9.97 Å². The number of aromatic nitrogens is 3. The standard InChI is InChI=1S/C20H18Cl2N4O/c1-20(2)13(11-14(21)22)15(20)18(27)25-17-16(12-7-4-3-5-8-12)24-19-23-9-6-10-26(17)19/h3-11,13,15H,1-2H3,(H,25,27)/t13-,15+/m1/s1. The summed E-state index contributed by atoms with van der Waals surface area (Å²) in [7, 11) is 0. The zero-order valence-corrected chi connectivity index (χ0v) is 16.4. The molecule has 0 saturated heterocycles. The van der Waals surface area contributed by atoms with Crippen LogP contribution in [-0.4, -0.2) is 20.3 Å². The number of hydrogen-bond acceptors (Lipinski definition) is 3. The van der Waals surface area contributed by atoms with Gasteiger partial charge in [-0.15, -0.1) is 0 Å². The number of benzene rings is 1. The lowest BCUT2D eigenvalue weighted by molar-refractivity contribution is -0.118. The van der Waals surface area contributed by atoms with E-state index in [1.165, 1.54) is 0 Å². The summed E-state index contributed by atoms with van der Waals surface area (Å²) in [4.78, 5) is 21.9. The molecular formula is C20H18Cl2N4O. The molecule has 5 nitrogen and oxygen atoms in total. The average Bonchev–Trinajstić information content (AvgIpc) is 2.99. The van der Waals surface area contributed by atoms with E-state index < -0.39 is 0 Å². The molecule has 1 N–H and O–H groups in total. The summed E-state index contributed by atoms with van der Waals surface area (Å²) in [6, 6.07) is 11.5. The molecule has 0 aliphatic heterocycles. The minimum Gasteiger partial charge on any atom is -0.310 e. The third kappa shape index (κ3) is 3.22. The molecule has 1 amide bonds. The zero-order chi connectivity index (χ0) is 19.2. The van der Waals surface area contributed by atoms with Gasteiger partial charge in [-0.2, -0.15) is 0 Å². The van der Waals surface area contributed by atoms with Crippen LogP contribution in [0.3, 0.4) is 0 Å². The van der Waals surface area contributed by atoms with Gasteiger partial charge < -0.3 is 5.32 Å². The Morgan fingerprint density at radius 1 is 1.22 bits per heavy atom. The number of fused-ring (bicyclic) bond motifs is 1. The molecule has 4 rings (SSSR count). The first-order valence-corrected chi connectivity index (χ1v) is 9.37. The topological polar surface area (TPSA) is 59.3 Å². The highest BCUT2D eigenvalue weighted by Gasteiger charge is 2.60. The molecule has 1 saturated carbocycles. The highest BCUT2D eigenvalue weighted by molar-refractivity contribution is 6.55. The van der Waals surface area contributed by atoms with Crippen LogP contribution in [0.4, 0.5) is 5.82 Å². The molecule has 1 aliphatic carbocycles. The molecule has 1 aliphatic rings. The average molecular weight is 401 g/mol. The molecule has 3 aromatic rings. The maximum atomic E-state index is 13.0. The Morgan fingerprint density at radius 3 is 2.67 bits per heavy atom. The predicted octanol–water partition coefficient (Wildman–Crippen LogP) is 4.93. The maximum absolute atomic E-state index is 13.0. The second kappa shape index (κ2) is 6.66. The minimum atomic E-state index is -0.212. The van der Waals surface area contributed by atoms with Crippen LogP contribution in [0.2, 0.25) is 0 Å². The first-order valence-electron chi connectivity index (χ1n) is 8.62. The Kier molecular flexibility index (Phi) is 4.44. The summed E-state index contributed by atoms with van der Waals surface area (Å²) in [6.45, 7) is 4.06. The van der Waals surface area contributed by atoms with E-state index in [2.05, 4.69) is 15.3 Å². The Hall–Kier alpha value is -2.37. The van der Waals surface area contributed by atoms with E-state index in [-0.39, 0.29) is 27.6 Å². The zero-order valence-electron chi connectivity index (χ0n) is 14.9. The molecule has 2 atom stereocenters. The Bertz CT molecular complexity index is 1040. The lowest BCUT2D eigenvalue weighted by Gasteiger charge is -2.08. The van der Waals surface area contributed by atoms with Gasteiger partial charge in [-0.05, 0) is 23.5 Å². The lowest BCUT2D eigenvalue weighted by atomic mass is 10.1. The van der Waals surface area contributed by atoms with Gasteiger partial charge in [0.2, 0.25) is 11.7 Å². The Labute approximate surface area is 167 Å². The van der Waals surface area contributed by atoms with E-state index in [4.69, 9.17) is 23.2 Å². The SMILES string of the molecule is CC1(C)[C@H](C=C(Cl)Cl)[C@H]1C(=O)Nc1c(-c2ccccc2)nc2ncccn12. The number of carbonyl (C=O) groups excluding carboxylic acids is 1. The number of rotatable bonds is 4. The fraction of sp³-hybridized carbons (Fsp3) is 0.250. The number of carbonyl (C=O) groups is 1. The fourth-order valence-electron chi connectivity index (χ4n) is 3.62. The molecular weight excluding hydrogens is 383 g/mol. The Balaban J connectivity index is 1.72. The number of halogens is 2. The summed E-state index contributed by atoms with van der Waals surface area (Å²) in [5, 5.41) is 3.06. The van der Waals surface area contributed by atoms with Crippen LogP contribution in [0, 0.1) is 17.3 Å². The van der Waals surface area contributed by atoms with E-state index in [0.717, 1.165) is 5.56 Å². The molecule has 0 unspecified atom stereocenters. The Morgan fingerprint density at radius 2 is 1.96 bits per heavy atom. The van der Waals surface area contributed by atoms with Crippen LogP contribution in [0.5, 0.6) is 0 Å². The van der Waals surface area contributed by atoms with Crippen LogP contribution in [0.1, 0.15) is 13.8 Å². The molecule has 7 heteroatoms. The van der Waals surface area contributed by atoms with Crippen molar-refractivity contribution in [3.8, 4) is 11.3 Å². The fourth-order valence-corrected chi connectivity index (χ4v) is 3.90. The first kappa shape index (κ1) is 18.0. The van der Waals surface area contributed by atoms with Gasteiger partial charge in [0.25, 0.3) is 0 Å². The molecule has 27 heavy (non-hydrogen) atoms. The van der Waals surface area contributed by atoms with Gasteiger partial charge >= 0.3 is 0 Å². The van der Waals surface area contributed by atoms with Gasteiger partial charge in [-0.3, -0.25) is 9.20 Å². The number of imidazole rings is 1. The van der Waals surface area contributed by atoms with Crippen molar-refractivity contribution in [2.75, 3.05) is 5.32 Å². The van der Waals surface area contributed by atoms with Gasteiger partial charge in [0.05, 0.1) is 5.92 Å². The van der Waals surface area contributed by atoms with E-state index >= 15 is 0 Å². The van der Waals surface area contributed by atoms with Gasteiger partial charge in [0.1, 0.15) is 16.0 Å². The quantitative estimate of drug-likeness (QED) is 0.675. The van der Waals surface area contributed by atoms with E-state index in [1.807, 2.05) is 50.4 Å². The van der Waals surface area contributed by atoms with Crippen LogP contribution in [-0.2, 0) is 4.79 Å². The third-order valence-corrected chi connectivity index (χ3v) is 5.44. The molecule has 0 bridgehead atoms. The van der Waals surface area contributed by atoms with Crippen LogP contribution in [0.25, 0.3) is 17.0 Å². The lowest BCUT2D eigenvalue weighted by Crippen LogP contribution is -2.18. The molecule has 2 aromatic heterocycles. The van der Waals surface area contributed by atoms with Crippen molar-refractivity contribution in [3.05, 3.63) is 59.4 Å². The summed E-state index contributed by atoms with van der Waals surface area (Å²) in [6.07, 6.45) is 5.25. The number of hydrogen-bond donors (Lipinski definition) is 1. The number of amides is 1. The molecule has 2 heterocycles. The van der Waals surface area contributed by atoms with Crippen molar-refractivity contribution in [1.29, 1.82) is 0 Å². The summed E-state index contributed by atoms with van der Waals surface area (Å²) < 4.78 is 1.97. The van der Waals surface area contributed by atoms with Gasteiger partial charge in [0.15, 0.2) is 0 Å². The molecule has 0 radical (unpaired) electrons. The minimum absolute atomic E-state index is 0.0000131. The summed E-state index contributed by atoms with van der Waals surface area (Å²) >= 11 is 11.6. The number of anilines is 1. The predicted molar refractivity (Wildman–Crippen MR) is 108 cm³/mol. The van der Waals surface area contributed by atoms with Crippen LogP contribution < -0.4 is 5.32 Å². The van der Waals surface area contributed by atoms with Crippen LogP contribution in [0.15, 0.2) is 59.4 Å². The molecule has 0 spiro atoms. The number of nitrogens with zero attached hydrogens (tertiary/aromatic N) is 3. The molecule has 138 valence electrons. The first-order chi connectivity index (χ1) is 12.9. The van der Waals surface area contributed by atoms with E-state index in [0.29, 0.717) is 17.3 Å². The van der Waals surface area contributed by atoms with E-state index in [1.54, 1.807) is 22.7 Å². The van der Waals surface area contributed by atoms with E-state index in [9.17, 15) is 4.79 Å².